The molecule has 8 fully saturated rings. The minimum absolute atomic E-state index is 0.0867. The van der Waals surface area contributed by atoms with Gasteiger partial charge >= 0.3 is 0 Å². The van der Waals surface area contributed by atoms with Crippen molar-refractivity contribution >= 4 is 11.8 Å². The number of aliphatic hydroxyl groups excluding tert-OH is 5. The van der Waals surface area contributed by atoms with Gasteiger partial charge in [0.1, 0.15) is 0 Å². The third-order valence-corrected chi connectivity index (χ3v) is 24.3. The third kappa shape index (κ3) is 10.2. The summed E-state index contributed by atoms with van der Waals surface area (Å²) in [5, 5.41) is 61.7. The van der Waals surface area contributed by atoms with Crippen LogP contribution >= 0.6 is 0 Å². The largest absolute Gasteiger partial charge is 0.395 e. The first kappa shape index (κ1) is 54.9. The summed E-state index contributed by atoms with van der Waals surface area (Å²) >= 11 is 0. The van der Waals surface area contributed by atoms with E-state index in [1.54, 1.807) is 0 Å². The standard InChI is InChI=1S/C60H105N3O7/c1-9-41-49-35-39(65)21-25-59(49,7)47-23-27-57(5)43(15-17-45(57)53(47)55(41)69)37(3)13-19-51(67)61-29-11-31-63(33-34-64)32-12-30-62-52(68)20-14-38(4)44-16-18-46-54-48(24-28-58(44,46)6)60(8)26-22-40(66)36-50(60)42(10-2)56(54)70/h37-50,53-56,64-66,69-70H,9-36H2,1-8H3,(H,61,67)(H,62,68)/t37-,38-,39-,40-,41-,42-,43-,44-,45+,46+,47+,48+,49+,50+,53+,54+,55-,56-,57-,58-,59-,60-/m1/s1. The van der Waals surface area contributed by atoms with E-state index in [4.69, 9.17) is 0 Å². The maximum atomic E-state index is 13.2. The van der Waals surface area contributed by atoms with Gasteiger partial charge in [0.2, 0.25) is 11.8 Å². The fourth-order valence-corrected chi connectivity index (χ4v) is 20.7. The SMILES string of the molecule is CC[C@H]1[C@@H](O)[C@@H]2[C@H](CC[C@]3(C)[C@@H]([C@H](C)CCC(=O)NCCCN(CCO)CCCNC(=O)CC[C@@H](C)[C@H]4CC[C@H]5[C@@H]6[C@H](O)[C@H](CC)[C@@H]7C[C@H](O)CC[C@]7(C)[C@H]6CC[C@]45C)CC[C@@H]23)[C@@]2(C)CC[C@@H](O)C[C@@H]12. The minimum Gasteiger partial charge on any atom is -0.395 e. The summed E-state index contributed by atoms with van der Waals surface area (Å²) in [6.07, 6.45) is 20.8. The van der Waals surface area contributed by atoms with Crippen molar-refractivity contribution in [2.45, 2.75) is 221 Å². The van der Waals surface area contributed by atoms with Crippen LogP contribution in [0.5, 0.6) is 0 Å². The summed E-state index contributed by atoms with van der Waals surface area (Å²) in [7, 11) is 0. The van der Waals surface area contributed by atoms with Gasteiger partial charge in [-0.2, -0.15) is 0 Å². The zero-order chi connectivity index (χ0) is 50.3. The summed E-state index contributed by atoms with van der Waals surface area (Å²) in [6.45, 7) is 22.8. The van der Waals surface area contributed by atoms with Crippen molar-refractivity contribution in [3.05, 3.63) is 0 Å². The van der Waals surface area contributed by atoms with Gasteiger partial charge in [-0.1, -0.05) is 68.2 Å². The molecule has 0 spiro atoms. The molecule has 0 heterocycles. The van der Waals surface area contributed by atoms with Crippen molar-refractivity contribution in [1.29, 1.82) is 0 Å². The van der Waals surface area contributed by atoms with Gasteiger partial charge in [0.25, 0.3) is 0 Å². The van der Waals surface area contributed by atoms with E-state index in [1.807, 2.05) is 0 Å². The number of amides is 2. The Morgan fingerprint density at radius 1 is 0.543 bits per heavy atom. The zero-order valence-corrected chi connectivity index (χ0v) is 45.7. The average molecular weight is 981 g/mol. The van der Waals surface area contributed by atoms with Crippen molar-refractivity contribution in [3.63, 3.8) is 0 Å². The van der Waals surface area contributed by atoms with Gasteiger partial charge in [0.15, 0.2) is 0 Å². The molecule has 22 atom stereocenters. The van der Waals surface area contributed by atoms with Gasteiger partial charge in [-0.05, 0) is 233 Å². The van der Waals surface area contributed by atoms with Crippen LogP contribution in [0, 0.1) is 105 Å². The summed E-state index contributed by atoms with van der Waals surface area (Å²) in [6, 6.07) is 0. The van der Waals surface area contributed by atoms with E-state index in [2.05, 4.69) is 70.9 Å². The maximum Gasteiger partial charge on any atom is 0.220 e. The molecule has 70 heavy (non-hydrogen) atoms. The second-order valence-electron chi connectivity index (χ2n) is 27.2. The lowest BCUT2D eigenvalue weighted by Gasteiger charge is -2.64. The molecular weight excluding hydrogens is 875 g/mol. The molecule has 0 bridgehead atoms. The Hall–Kier alpha value is -1.30. The normalized spacial score (nSPS) is 46.1. The first-order chi connectivity index (χ1) is 33.4. The lowest BCUT2D eigenvalue weighted by molar-refractivity contribution is -0.203. The Morgan fingerprint density at radius 3 is 1.31 bits per heavy atom. The highest BCUT2D eigenvalue weighted by molar-refractivity contribution is 5.76. The Balaban J connectivity index is 0.718. The van der Waals surface area contributed by atoms with Crippen LogP contribution in [-0.4, -0.2) is 106 Å². The van der Waals surface area contributed by atoms with E-state index in [1.165, 1.54) is 51.4 Å². The van der Waals surface area contributed by atoms with Crippen molar-refractivity contribution in [3.8, 4) is 0 Å². The molecule has 0 unspecified atom stereocenters. The smallest absolute Gasteiger partial charge is 0.220 e. The number of hydrogen-bond donors (Lipinski definition) is 7. The van der Waals surface area contributed by atoms with Crippen LogP contribution in [0.3, 0.4) is 0 Å². The fourth-order valence-electron chi connectivity index (χ4n) is 20.7. The van der Waals surface area contributed by atoms with E-state index in [9.17, 15) is 35.1 Å². The summed E-state index contributed by atoms with van der Waals surface area (Å²) in [5.41, 5.74) is 0.834. The number of carbonyl (C=O) groups is 2. The highest BCUT2D eigenvalue weighted by Crippen LogP contribution is 2.71. The molecule has 10 nitrogen and oxygen atoms in total. The molecule has 2 amide bonds. The van der Waals surface area contributed by atoms with Crippen molar-refractivity contribution in [2.75, 3.05) is 39.3 Å². The molecule has 7 N–H and O–H groups in total. The topological polar surface area (TPSA) is 163 Å². The molecule has 0 aromatic rings. The molecule has 0 radical (unpaired) electrons. The second-order valence-corrected chi connectivity index (χ2v) is 27.2. The van der Waals surface area contributed by atoms with E-state index in [0.29, 0.717) is 103 Å². The first-order valence-corrected chi connectivity index (χ1v) is 29.9. The molecule has 0 aromatic carbocycles. The van der Waals surface area contributed by atoms with E-state index >= 15 is 0 Å². The van der Waals surface area contributed by atoms with Crippen LogP contribution in [0.15, 0.2) is 0 Å². The number of nitrogens with zero attached hydrogens (tertiary/aromatic N) is 1. The molecule has 8 rings (SSSR count). The predicted molar refractivity (Wildman–Crippen MR) is 279 cm³/mol. The summed E-state index contributed by atoms with van der Waals surface area (Å²) < 4.78 is 0. The molecule has 0 saturated heterocycles. The Morgan fingerprint density at radius 2 is 0.929 bits per heavy atom. The first-order valence-electron chi connectivity index (χ1n) is 29.9. The molecule has 8 aliphatic carbocycles. The lowest BCUT2D eigenvalue weighted by atomic mass is 9.41. The number of aliphatic hydroxyl groups is 5. The maximum absolute atomic E-state index is 13.2. The van der Waals surface area contributed by atoms with Crippen LogP contribution in [0.2, 0.25) is 0 Å². The van der Waals surface area contributed by atoms with Crippen molar-refractivity contribution in [1.82, 2.24) is 15.5 Å². The van der Waals surface area contributed by atoms with Gasteiger partial charge in [-0.3, -0.25) is 9.59 Å². The monoisotopic (exact) mass is 980 g/mol. The quantitative estimate of drug-likeness (QED) is 0.0594. The van der Waals surface area contributed by atoms with E-state index in [-0.39, 0.29) is 76.3 Å². The Bertz CT molecular complexity index is 1630. The number of rotatable bonds is 20. The Kier molecular flexibility index (Phi) is 17.7. The highest BCUT2D eigenvalue weighted by Gasteiger charge is 2.67. The van der Waals surface area contributed by atoms with Crippen molar-refractivity contribution < 1.29 is 35.1 Å². The number of nitrogens with one attached hydrogen (secondary N) is 2. The number of hydrogen-bond acceptors (Lipinski definition) is 8. The number of carbonyl (C=O) groups excluding carboxylic acids is 2. The van der Waals surface area contributed by atoms with Gasteiger partial charge in [0, 0.05) is 32.5 Å². The molecular formula is C60H105N3O7. The average Bonchev–Trinajstić information content (AvgIpc) is 3.88. The molecule has 8 saturated carbocycles. The third-order valence-electron chi connectivity index (χ3n) is 24.3. The van der Waals surface area contributed by atoms with Crippen LogP contribution in [0.4, 0.5) is 0 Å². The zero-order valence-electron chi connectivity index (χ0n) is 45.7. The predicted octanol–water partition coefficient (Wildman–Crippen LogP) is 9.38. The summed E-state index contributed by atoms with van der Waals surface area (Å²) in [4.78, 5) is 28.6. The van der Waals surface area contributed by atoms with Gasteiger partial charge < -0.3 is 41.1 Å². The highest BCUT2D eigenvalue weighted by atomic mass is 16.3. The molecule has 0 aromatic heterocycles. The van der Waals surface area contributed by atoms with Crippen LogP contribution in [-0.2, 0) is 9.59 Å². The Labute approximate surface area is 425 Å². The minimum atomic E-state index is -0.276. The summed E-state index contributed by atoms with van der Waals surface area (Å²) in [5.74, 6) is 6.56. The number of fused-ring (bicyclic) bond motifs is 10. The fraction of sp³-hybridized carbons (Fsp3) is 0.967. The molecule has 0 aliphatic heterocycles. The van der Waals surface area contributed by atoms with Gasteiger partial charge in [-0.25, -0.2) is 0 Å². The van der Waals surface area contributed by atoms with Crippen LogP contribution < -0.4 is 10.6 Å². The van der Waals surface area contributed by atoms with Gasteiger partial charge in [0.05, 0.1) is 31.0 Å². The van der Waals surface area contributed by atoms with Crippen molar-refractivity contribution in [2.24, 2.45) is 105 Å². The van der Waals surface area contributed by atoms with Crippen LogP contribution in [0.1, 0.15) is 197 Å². The second kappa shape index (κ2) is 22.5. The van der Waals surface area contributed by atoms with Crippen LogP contribution in [0.25, 0.3) is 0 Å². The van der Waals surface area contributed by atoms with Gasteiger partial charge in [-0.15, -0.1) is 0 Å². The van der Waals surface area contributed by atoms with E-state index < -0.39 is 0 Å². The molecule has 8 aliphatic rings. The molecule has 10 heteroatoms. The van der Waals surface area contributed by atoms with E-state index in [0.717, 1.165) is 90.1 Å². The lowest BCUT2D eigenvalue weighted by Crippen LogP contribution is -2.62. The molecule has 402 valence electrons.